The molecule has 6 rings (SSSR count). The van der Waals surface area contributed by atoms with E-state index in [0.29, 0.717) is 11.8 Å². The molecule has 1 saturated carbocycles. The van der Waals surface area contributed by atoms with E-state index in [-0.39, 0.29) is 0 Å². The highest BCUT2D eigenvalue weighted by molar-refractivity contribution is 6.31. The van der Waals surface area contributed by atoms with E-state index in [1.54, 1.807) is 0 Å². The van der Waals surface area contributed by atoms with E-state index in [4.69, 9.17) is 16.6 Å². The number of nitrogens with zero attached hydrogens (tertiary/aromatic N) is 1. The van der Waals surface area contributed by atoms with Crippen LogP contribution in [0.4, 0.5) is 11.4 Å². The van der Waals surface area contributed by atoms with Gasteiger partial charge in [0.25, 0.3) is 0 Å². The first-order valence-corrected chi connectivity index (χ1v) is 9.12. The first kappa shape index (κ1) is 14.3. The third kappa shape index (κ3) is 2.21. The third-order valence-electron chi connectivity index (χ3n) is 5.58. The second-order valence-electron chi connectivity index (χ2n) is 6.99. The Balaban J connectivity index is 1.78. The average molecular weight is 335 g/mol. The monoisotopic (exact) mass is 334 g/mol. The van der Waals surface area contributed by atoms with Crippen LogP contribution in [0.5, 0.6) is 0 Å². The molecule has 0 radical (unpaired) electrons. The van der Waals surface area contributed by atoms with Crippen molar-refractivity contribution in [3.8, 4) is 0 Å². The maximum absolute atomic E-state index is 6.23. The first-order chi connectivity index (χ1) is 11.8. The summed E-state index contributed by atoms with van der Waals surface area (Å²) in [6.45, 7) is 0. The molecule has 0 unspecified atom stereocenters. The van der Waals surface area contributed by atoms with Crippen molar-refractivity contribution in [2.45, 2.75) is 37.5 Å². The molecule has 120 valence electrons. The van der Waals surface area contributed by atoms with Gasteiger partial charge in [-0.2, -0.15) is 0 Å². The standard InChI is InChI=1S/C21H19ClN2/c22-15-10-11-17-18(12-15)24-20-14-8-6-13(7-9-14)19(20)21(17)23-16-4-2-1-3-5-16/h1-5,10-14H,6-9H2,(H,23,24). The summed E-state index contributed by atoms with van der Waals surface area (Å²) >= 11 is 6.23. The maximum atomic E-state index is 6.23. The lowest BCUT2D eigenvalue weighted by Gasteiger charge is -2.39. The molecular weight excluding hydrogens is 316 g/mol. The van der Waals surface area contributed by atoms with Crippen molar-refractivity contribution < 1.29 is 0 Å². The van der Waals surface area contributed by atoms with Crippen LogP contribution in [0.2, 0.25) is 5.02 Å². The number of hydrogen-bond donors (Lipinski definition) is 1. The minimum atomic E-state index is 0.615. The minimum absolute atomic E-state index is 0.615. The summed E-state index contributed by atoms with van der Waals surface area (Å²) < 4.78 is 0. The van der Waals surface area contributed by atoms with E-state index in [1.807, 2.05) is 18.2 Å². The number of aromatic nitrogens is 1. The number of fused-ring (bicyclic) bond motifs is 3. The number of anilines is 2. The largest absolute Gasteiger partial charge is 0.355 e. The first-order valence-electron chi connectivity index (χ1n) is 8.75. The van der Waals surface area contributed by atoms with Crippen molar-refractivity contribution in [2.75, 3.05) is 5.32 Å². The second kappa shape index (κ2) is 5.49. The Labute approximate surface area is 146 Å². The third-order valence-corrected chi connectivity index (χ3v) is 5.82. The number of nitrogens with one attached hydrogen (secondary N) is 1. The fourth-order valence-electron chi connectivity index (χ4n) is 4.45. The van der Waals surface area contributed by atoms with Crippen LogP contribution in [0.3, 0.4) is 0 Å². The summed E-state index contributed by atoms with van der Waals surface area (Å²) in [5.41, 5.74) is 6.14. The van der Waals surface area contributed by atoms with Crippen molar-refractivity contribution in [3.05, 3.63) is 64.8 Å². The Morgan fingerprint density at radius 1 is 0.917 bits per heavy atom. The van der Waals surface area contributed by atoms with Gasteiger partial charge in [0, 0.05) is 33.3 Å². The van der Waals surface area contributed by atoms with Gasteiger partial charge in [-0.25, -0.2) is 0 Å². The van der Waals surface area contributed by atoms with Crippen molar-refractivity contribution in [3.63, 3.8) is 0 Å². The van der Waals surface area contributed by atoms with Crippen LogP contribution in [0.1, 0.15) is 48.8 Å². The fraction of sp³-hybridized carbons (Fsp3) is 0.286. The Morgan fingerprint density at radius 3 is 2.46 bits per heavy atom. The summed E-state index contributed by atoms with van der Waals surface area (Å²) in [5.74, 6) is 1.26. The van der Waals surface area contributed by atoms with Crippen LogP contribution in [0.15, 0.2) is 48.5 Å². The van der Waals surface area contributed by atoms with Gasteiger partial charge in [-0.1, -0.05) is 29.8 Å². The predicted octanol–water partition coefficient (Wildman–Crippen LogP) is 6.39. The number of pyridine rings is 1. The van der Waals surface area contributed by atoms with Crippen molar-refractivity contribution >= 4 is 33.9 Å². The highest BCUT2D eigenvalue weighted by Gasteiger charge is 2.36. The topological polar surface area (TPSA) is 24.9 Å². The molecule has 0 amide bonds. The van der Waals surface area contributed by atoms with Crippen molar-refractivity contribution in [1.29, 1.82) is 0 Å². The van der Waals surface area contributed by atoms with Gasteiger partial charge >= 0.3 is 0 Å². The lowest BCUT2D eigenvalue weighted by Crippen LogP contribution is -2.24. The lowest BCUT2D eigenvalue weighted by atomic mass is 9.68. The number of hydrogen-bond acceptors (Lipinski definition) is 2. The molecule has 1 heterocycles. The summed E-state index contributed by atoms with van der Waals surface area (Å²) in [6, 6.07) is 16.5. The molecule has 1 fully saturated rings. The van der Waals surface area contributed by atoms with Crippen LogP contribution < -0.4 is 5.32 Å². The van der Waals surface area contributed by atoms with E-state index in [0.717, 1.165) is 16.2 Å². The molecule has 3 aromatic rings. The van der Waals surface area contributed by atoms with E-state index in [9.17, 15) is 0 Å². The summed E-state index contributed by atoms with van der Waals surface area (Å²) in [6.07, 6.45) is 5.15. The normalized spacial score (nSPS) is 21.7. The molecule has 2 bridgehead atoms. The van der Waals surface area contributed by atoms with E-state index >= 15 is 0 Å². The van der Waals surface area contributed by atoms with Crippen LogP contribution in [0.25, 0.3) is 10.9 Å². The molecule has 24 heavy (non-hydrogen) atoms. The molecule has 0 spiro atoms. The van der Waals surface area contributed by atoms with Crippen LogP contribution in [-0.2, 0) is 0 Å². The Bertz CT molecular complexity index is 912. The second-order valence-corrected chi connectivity index (χ2v) is 7.42. The van der Waals surface area contributed by atoms with Gasteiger partial charge in [-0.05, 0) is 61.9 Å². The smallest absolute Gasteiger partial charge is 0.0741 e. The number of benzene rings is 2. The molecule has 0 atom stereocenters. The zero-order valence-electron chi connectivity index (χ0n) is 13.4. The maximum Gasteiger partial charge on any atom is 0.0741 e. The zero-order valence-corrected chi connectivity index (χ0v) is 14.2. The zero-order chi connectivity index (χ0) is 16.1. The SMILES string of the molecule is Clc1ccc2c(Nc3ccccc3)c3c(nc2c1)C1CCC3CC1. The predicted molar refractivity (Wildman–Crippen MR) is 100 cm³/mol. The molecular formula is C21H19ClN2. The highest BCUT2D eigenvalue weighted by Crippen LogP contribution is 2.52. The molecule has 3 aliphatic carbocycles. The summed E-state index contributed by atoms with van der Waals surface area (Å²) in [4.78, 5) is 5.04. The van der Waals surface area contributed by atoms with Gasteiger partial charge < -0.3 is 5.32 Å². The molecule has 0 aliphatic heterocycles. The molecule has 3 heteroatoms. The van der Waals surface area contributed by atoms with Crippen LogP contribution >= 0.6 is 11.6 Å². The van der Waals surface area contributed by atoms with Crippen molar-refractivity contribution in [1.82, 2.24) is 4.98 Å². The number of para-hydroxylation sites is 1. The molecule has 0 saturated heterocycles. The van der Waals surface area contributed by atoms with Crippen molar-refractivity contribution in [2.24, 2.45) is 0 Å². The van der Waals surface area contributed by atoms with Gasteiger partial charge in [-0.15, -0.1) is 0 Å². The van der Waals surface area contributed by atoms with Crippen LogP contribution in [0, 0.1) is 0 Å². The number of rotatable bonds is 2. The molecule has 2 nitrogen and oxygen atoms in total. The number of halogens is 1. The van der Waals surface area contributed by atoms with Gasteiger partial charge in [0.2, 0.25) is 0 Å². The summed E-state index contributed by atoms with van der Waals surface area (Å²) in [7, 11) is 0. The molecule has 2 aromatic carbocycles. The van der Waals surface area contributed by atoms with Gasteiger partial charge in [0.05, 0.1) is 11.2 Å². The van der Waals surface area contributed by atoms with Gasteiger partial charge in [-0.3, -0.25) is 4.98 Å². The minimum Gasteiger partial charge on any atom is -0.355 e. The van der Waals surface area contributed by atoms with E-state index in [1.165, 1.54) is 48.0 Å². The molecule has 1 aromatic heterocycles. The Morgan fingerprint density at radius 2 is 1.67 bits per heavy atom. The Kier molecular flexibility index (Phi) is 3.27. The Hall–Kier alpha value is -2.06. The van der Waals surface area contributed by atoms with Crippen LogP contribution in [-0.4, -0.2) is 4.98 Å². The quantitative estimate of drug-likeness (QED) is 0.587. The van der Waals surface area contributed by atoms with Gasteiger partial charge in [0.15, 0.2) is 0 Å². The average Bonchev–Trinajstić information content (AvgIpc) is 2.63. The molecule has 1 N–H and O–H groups in total. The van der Waals surface area contributed by atoms with E-state index in [2.05, 4.69) is 35.6 Å². The van der Waals surface area contributed by atoms with E-state index < -0.39 is 0 Å². The van der Waals surface area contributed by atoms with Gasteiger partial charge in [0.1, 0.15) is 0 Å². The lowest BCUT2D eigenvalue weighted by molar-refractivity contribution is 0.353. The fourth-order valence-corrected chi connectivity index (χ4v) is 4.62. The highest BCUT2D eigenvalue weighted by atomic mass is 35.5. The molecule has 3 aliphatic rings. The summed E-state index contributed by atoms with van der Waals surface area (Å²) in [5, 5.41) is 5.62.